The Kier molecular flexibility index (Phi) is 7.90. The Hall–Kier alpha value is -3.14. The minimum absolute atomic E-state index is 0.272. The Morgan fingerprint density at radius 1 is 1.11 bits per heavy atom. The summed E-state index contributed by atoms with van der Waals surface area (Å²) >= 11 is 0. The summed E-state index contributed by atoms with van der Waals surface area (Å²) in [5.74, 6) is 1.57. The minimum Gasteiger partial charge on any atom is -0.444 e. The fraction of sp³-hybridized carbons (Fsp3) is 0.571. The molecule has 186 valence electrons. The predicted molar refractivity (Wildman–Crippen MR) is 137 cm³/mol. The van der Waals surface area contributed by atoms with E-state index in [4.69, 9.17) is 9.72 Å². The molecule has 0 radical (unpaired) electrons. The van der Waals surface area contributed by atoms with Crippen LogP contribution < -0.4 is 4.90 Å². The molecule has 2 aliphatic rings. The number of rotatable bonds is 5. The van der Waals surface area contributed by atoms with E-state index in [9.17, 15) is 10.1 Å². The van der Waals surface area contributed by atoms with Gasteiger partial charge in [0.25, 0.3) is 0 Å². The Bertz CT molecular complexity index is 1060. The first-order chi connectivity index (χ1) is 16.8. The van der Waals surface area contributed by atoms with Gasteiger partial charge >= 0.3 is 6.09 Å². The van der Waals surface area contributed by atoms with Crippen molar-refractivity contribution in [3.05, 3.63) is 41.7 Å². The van der Waals surface area contributed by atoms with Crippen LogP contribution in [0, 0.1) is 17.2 Å². The van der Waals surface area contributed by atoms with Crippen LogP contribution in [-0.4, -0.2) is 52.7 Å². The maximum Gasteiger partial charge on any atom is 0.410 e. The predicted octanol–water partition coefficient (Wildman–Crippen LogP) is 5.39. The highest BCUT2D eigenvalue weighted by Crippen LogP contribution is 2.29. The molecular weight excluding hydrogens is 438 g/mol. The number of pyridine rings is 2. The summed E-state index contributed by atoms with van der Waals surface area (Å²) < 4.78 is 5.52. The van der Waals surface area contributed by atoms with Crippen LogP contribution in [0.25, 0.3) is 11.3 Å². The van der Waals surface area contributed by atoms with Gasteiger partial charge in [0.1, 0.15) is 11.4 Å². The van der Waals surface area contributed by atoms with Crippen LogP contribution in [0.2, 0.25) is 0 Å². The van der Waals surface area contributed by atoms with Gasteiger partial charge in [-0.15, -0.1) is 0 Å². The number of hydrogen-bond acceptors (Lipinski definition) is 6. The average molecular weight is 476 g/mol. The molecule has 1 aliphatic carbocycles. The molecular formula is C28H37N5O2. The molecule has 3 heterocycles. The van der Waals surface area contributed by atoms with Crippen molar-refractivity contribution in [1.29, 1.82) is 5.26 Å². The van der Waals surface area contributed by atoms with E-state index < -0.39 is 5.60 Å². The second kappa shape index (κ2) is 11.1. The van der Waals surface area contributed by atoms with Crippen LogP contribution in [-0.2, 0) is 17.6 Å². The van der Waals surface area contributed by atoms with Gasteiger partial charge < -0.3 is 14.5 Å². The lowest BCUT2D eigenvalue weighted by Gasteiger charge is -2.36. The topological polar surface area (TPSA) is 82.4 Å². The second-order valence-electron chi connectivity index (χ2n) is 10.8. The molecule has 4 rings (SSSR count). The summed E-state index contributed by atoms with van der Waals surface area (Å²) in [6.45, 7) is 8.15. The molecule has 1 saturated carbocycles. The van der Waals surface area contributed by atoms with Gasteiger partial charge in [-0.05, 0) is 62.9 Å². The van der Waals surface area contributed by atoms with Gasteiger partial charge in [-0.1, -0.05) is 32.1 Å². The van der Waals surface area contributed by atoms with E-state index >= 15 is 0 Å². The van der Waals surface area contributed by atoms with Crippen LogP contribution in [0.5, 0.6) is 0 Å². The highest BCUT2D eigenvalue weighted by Gasteiger charge is 2.26. The molecule has 0 unspecified atom stereocenters. The van der Waals surface area contributed by atoms with Gasteiger partial charge in [0, 0.05) is 43.6 Å². The molecule has 1 amide bonds. The summed E-state index contributed by atoms with van der Waals surface area (Å²) in [5.41, 5.74) is 3.48. The molecule has 0 aromatic carbocycles. The van der Waals surface area contributed by atoms with E-state index in [1.807, 2.05) is 45.2 Å². The number of anilines is 1. The third-order valence-corrected chi connectivity index (χ3v) is 6.75. The van der Waals surface area contributed by atoms with Gasteiger partial charge in [0.15, 0.2) is 0 Å². The van der Waals surface area contributed by atoms with Gasteiger partial charge in [-0.2, -0.15) is 5.26 Å². The van der Waals surface area contributed by atoms with Crippen molar-refractivity contribution in [2.75, 3.05) is 31.1 Å². The molecule has 1 saturated heterocycles. The fourth-order valence-corrected chi connectivity index (χ4v) is 4.96. The first-order valence-corrected chi connectivity index (χ1v) is 12.9. The van der Waals surface area contributed by atoms with Crippen LogP contribution >= 0.6 is 0 Å². The van der Waals surface area contributed by atoms with E-state index in [1.54, 1.807) is 4.90 Å². The lowest BCUT2D eigenvalue weighted by atomic mass is 9.86. The highest BCUT2D eigenvalue weighted by molar-refractivity contribution is 5.69. The molecule has 0 bridgehead atoms. The maximum atomic E-state index is 12.4. The second-order valence-corrected chi connectivity index (χ2v) is 10.8. The number of amides is 1. The van der Waals surface area contributed by atoms with Crippen molar-refractivity contribution in [3.8, 4) is 17.3 Å². The molecule has 1 aliphatic heterocycles. The molecule has 0 N–H and O–H groups in total. The fourth-order valence-electron chi connectivity index (χ4n) is 4.96. The SMILES string of the molecule is CC(C)(C)OC(=O)N1CCN(c2cc(CC#N)cc(-c3ccnc(CC4CCCCC4)c3)n2)CC1. The van der Waals surface area contributed by atoms with Gasteiger partial charge in [-0.25, -0.2) is 9.78 Å². The maximum absolute atomic E-state index is 12.4. The van der Waals surface area contributed by atoms with Crippen molar-refractivity contribution < 1.29 is 9.53 Å². The van der Waals surface area contributed by atoms with E-state index in [-0.39, 0.29) is 6.09 Å². The van der Waals surface area contributed by atoms with Gasteiger partial charge in [0.2, 0.25) is 0 Å². The van der Waals surface area contributed by atoms with Crippen molar-refractivity contribution in [1.82, 2.24) is 14.9 Å². The summed E-state index contributed by atoms with van der Waals surface area (Å²) in [6, 6.07) is 10.5. The standard InChI is InChI=1S/C28H37N5O2/c1-28(2,3)35-27(34)33-15-13-32(14-16-33)26-19-22(9-11-29)18-25(31-26)23-10-12-30-24(20-23)17-21-7-5-4-6-8-21/h10,12,18-21H,4-9,13-17H2,1-3H3. The van der Waals surface area contributed by atoms with Crippen molar-refractivity contribution in [2.45, 2.75) is 71.3 Å². The Balaban J connectivity index is 1.50. The number of nitrogens with zero attached hydrogens (tertiary/aromatic N) is 5. The van der Waals surface area contributed by atoms with Crippen LogP contribution in [0.1, 0.15) is 64.1 Å². The molecule has 7 heteroatoms. The van der Waals surface area contributed by atoms with E-state index in [0.717, 1.165) is 40.7 Å². The van der Waals surface area contributed by atoms with Gasteiger partial charge in [0.05, 0.1) is 18.2 Å². The molecule has 2 fully saturated rings. The molecule has 0 atom stereocenters. The molecule has 2 aromatic heterocycles. The van der Waals surface area contributed by atoms with Gasteiger partial charge in [-0.3, -0.25) is 4.98 Å². The van der Waals surface area contributed by atoms with Crippen molar-refractivity contribution in [3.63, 3.8) is 0 Å². The monoisotopic (exact) mass is 475 g/mol. The van der Waals surface area contributed by atoms with E-state index in [0.29, 0.717) is 32.6 Å². The number of carbonyl (C=O) groups excluding carboxylic acids is 1. The Labute approximate surface area is 209 Å². The number of hydrogen-bond donors (Lipinski definition) is 0. The number of nitriles is 1. The summed E-state index contributed by atoms with van der Waals surface area (Å²) in [5, 5.41) is 9.35. The lowest BCUT2D eigenvalue weighted by molar-refractivity contribution is 0.0240. The average Bonchev–Trinajstić information content (AvgIpc) is 2.84. The quantitative estimate of drug-likeness (QED) is 0.577. The Morgan fingerprint density at radius 2 is 1.86 bits per heavy atom. The number of piperazine rings is 1. The summed E-state index contributed by atoms with van der Waals surface area (Å²) in [7, 11) is 0. The van der Waals surface area contributed by atoms with Crippen molar-refractivity contribution >= 4 is 11.9 Å². The molecule has 7 nitrogen and oxygen atoms in total. The summed E-state index contributed by atoms with van der Waals surface area (Å²) in [6.07, 6.45) is 9.55. The van der Waals surface area contributed by atoms with Crippen LogP contribution in [0.3, 0.4) is 0 Å². The number of carbonyl (C=O) groups is 1. The zero-order valence-corrected chi connectivity index (χ0v) is 21.3. The van der Waals surface area contributed by atoms with Crippen LogP contribution in [0.4, 0.5) is 10.6 Å². The summed E-state index contributed by atoms with van der Waals surface area (Å²) in [4.78, 5) is 26.0. The molecule has 35 heavy (non-hydrogen) atoms. The lowest BCUT2D eigenvalue weighted by Crippen LogP contribution is -2.50. The van der Waals surface area contributed by atoms with Crippen LogP contribution in [0.15, 0.2) is 30.5 Å². The minimum atomic E-state index is -0.503. The third-order valence-electron chi connectivity index (χ3n) is 6.75. The Morgan fingerprint density at radius 3 is 2.54 bits per heavy atom. The molecule has 2 aromatic rings. The highest BCUT2D eigenvalue weighted by atomic mass is 16.6. The van der Waals surface area contributed by atoms with E-state index in [2.05, 4.69) is 22.0 Å². The first kappa shape index (κ1) is 25.0. The number of aromatic nitrogens is 2. The van der Waals surface area contributed by atoms with E-state index in [1.165, 1.54) is 32.1 Å². The zero-order chi connectivity index (χ0) is 24.8. The normalized spacial score (nSPS) is 17.2. The zero-order valence-electron chi connectivity index (χ0n) is 21.3. The van der Waals surface area contributed by atoms with Crippen molar-refractivity contribution in [2.24, 2.45) is 5.92 Å². The smallest absolute Gasteiger partial charge is 0.410 e. The molecule has 0 spiro atoms. The number of ether oxygens (including phenoxy) is 1. The largest absolute Gasteiger partial charge is 0.444 e. The third kappa shape index (κ3) is 6.94. The first-order valence-electron chi connectivity index (χ1n) is 12.9.